The molecule has 0 aliphatic rings. The molecule has 0 radical (unpaired) electrons. The summed E-state index contributed by atoms with van der Waals surface area (Å²) in [5, 5.41) is 9.00. The lowest BCUT2D eigenvalue weighted by Crippen LogP contribution is -2.24. The summed E-state index contributed by atoms with van der Waals surface area (Å²) in [4.78, 5) is 36.4. The number of carbonyl (C=O) groups is 2. The van der Waals surface area contributed by atoms with Gasteiger partial charge in [-0.15, -0.1) is 0 Å². The minimum atomic E-state index is -3.69. The molecule has 0 bridgehead atoms. The highest BCUT2D eigenvalue weighted by atomic mass is 32.2. The van der Waals surface area contributed by atoms with Gasteiger partial charge in [-0.2, -0.15) is 5.10 Å². The Morgan fingerprint density at radius 2 is 1.81 bits per heavy atom. The minimum absolute atomic E-state index is 0.0520. The number of ether oxygens (including phenoxy) is 1. The van der Waals surface area contributed by atoms with Crippen LogP contribution in [0.5, 0.6) is 0 Å². The van der Waals surface area contributed by atoms with Gasteiger partial charge in [-0.1, -0.05) is 24.3 Å². The number of fused-ring (bicyclic) bond motifs is 1. The number of anilines is 1. The first-order valence-electron chi connectivity index (χ1n) is 9.09. The largest absolute Gasteiger partial charge is 0.451 e. The van der Waals surface area contributed by atoms with E-state index in [0.29, 0.717) is 10.9 Å². The Morgan fingerprint density at radius 1 is 1.13 bits per heavy atom. The van der Waals surface area contributed by atoms with E-state index in [-0.39, 0.29) is 21.7 Å². The standard InChI is InChI=1S/C20H20N4O6S/c1-12-8-9-13(10-16(12)31(28,29)24(2)3)21-17(25)11-30-20(27)18-14-6-4-5-7-15(14)19(26)23-22-18/h4-10H,11H2,1-3H3,(H,21,25)(H,23,26). The molecule has 0 aliphatic heterocycles. The number of nitrogens with zero attached hydrogens (tertiary/aromatic N) is 2. The monoisotopic (exact) mass is 444 g/mol. The molecule has 10 nitrogen and oxygen atoms in total. The van der Waals surface area contributed by atoms with E-state index in [0.717, 1.165) is 4.31 Å². The topological polar surface area (TPSA) is 139 Å². The molecule has 11 heteroatoms. The van der Waals surface area contributed by atoms with Crippen LogP contribution < -0.4 is 10.9 Å². The average molecular weight is 444 g/mol. The second-order valence-corrected chi connectivity index (χ2v) is 8.96. The lowest BCUT2D eigenvalue weighted by molar-refractivity contribution is -0.119. The number of carbonyl (C=O) groups excluding carboxylic acids is 2. The van der Waals surface area contributed by atoms with Crippen LogP contribution in [-0.2, 0) is 19.6 Å². The predicted octanol–water partition coefficient (Wildman–Crippen LogP) is 1.28. The van der Waals surface area contributed by atoms with Crippen molar-refractivity contribution >= 4 is 38.4 Å². The number of aryl methyl sites for hydroxylation is 1. The fraction of sp³-hybridized carbons (Fsp3) is 0.200. The van der Waals surface area contributed by atoms with E-state index >= 15 is 0 Å². The Balaban J connectivity index is 1.72. The zero-order chi connectivity index (χ0) is 22.8. The van der Waals surface area contributed by atoms with Crippen LogP contribution in [0.15, 0.2) is 52.2 Å². The fourth-order valence-corrected chi connectivity index (χ4v) is 3.96. The molecule has 0 saturated carbocycles. The molecule has 0 atom stereocenters. The van der Waals surface area contributed by atoms with Gasteiger partial charge in [-0.05, 0) is 30.7 Å². The molecule has 3 rings (SSSR count). The van der Waals surface area contributed by atoms with Gasteiger partial charge in [0.25, 0.3) is 11.5 Å². The quantitative estimate of drug-likeness (QED) is 0.546. The summed E-state index contributed by atoms with van der Waals surface area (Å²) in [5.74, 6) is -1.55. The van der Waals surface area contributed by atoms with Gasteiger partial charge >= 0.3 is 5.97 Å². The number of sulfonamides is 1. The Hall–Kier alpha value is -3.57. The molecule has 0 saturated heterocycles. The van der Waals surface area contributed by atoms with Crippen LogP contribution in [0.25, 0.3) is 10.8 Å². The SMILES string of the molecule is Cc1ccc(NC(=O)COC(=O)c2n[nH]c(=O)c3ccccc23)cc1S(=O)(=O)N(C)C. The second-order valence-electron chi connectivity index (χ2n) is 6.84. The fourth-order valence-electron chi connectivity index (χ4n) is 2.82. The summed E-state index contributed by atoms with van der Waals surface area (Å²) >= 11 is 0. The summed E-state index contributed by atoms with van der Waals surface area (Å²) in [6, 6.07) is 10.8. The zero-order valence-corrected chi connectivity index (χ0v) is 17.8. The van der Waals surface area contributed by atoms with Crippen molar-refractivity contribution < 1.29 is 22.7 Å². The van der Waals surface area contributed by atoms with Gasteiger partial charge in [-0.3, -0.25) is 9.59 Å². The van der Waals surface area contributed by atoms with E-state index in [9.17, 15) is 22.8 Å². The lowest BCUT2D eigenvalue weighted by atomic mass is 10.1. The second kappa shape index (κ2) is 8.66. The van der Waals surface area contributed by atoms with Crippen LogP contribution in [0.2, 0.25) is 0 Å². The number of hydrogen-bond acceptors (Lipinski definition) is 7. The number of aromatic nitrogens is 2. The highest BCUT2D eigenvalue weighted by Crippen LogP contribution is 2.22. The third-order valence-electron chi connectivity index (χ3n) is 4.45. The van der Waals surface area contributed by atoms with Gasteiger partial charge in [-0.25, -0.2) is 22.6 Å². The summed E-state index contributed by atoms with van der Waals surface area (Å²) < 4.78 is 30.9. The Morgan fingerprint density at radius 3 is 2.48 bits per heavy atom. The van der Waals surface area contributed by atoms with Gasteiger partial charge in [0.05, 0.1) is 10.3 Å². The van der Waals surface area contributed by atoms with Crippen LogP contribution in [-0.4, -0.2) is 55.5 Å². The Labute approximate surface area is 177 Å². The zero-order valence-electron chi connectivity index (χ0n) is 17.0. The number of aromatic amines is 1. The smallest absolute Gasteiger partial charge is 0.359 e. The van der Waals surface area contributed by atoms with E-state index in [1.165, 1.54) is 26.2 Å². The first-order chi connectivity index (χ1) is 14.6. The number of H-pyrrole nitrogens is 1. The molecule has 0 aliphatic carbocycles. The number of benzene rings is 2. The summed E-state index contributed by atoms with van der Waals surface area (Å²) in [7, 11) is -0.871. The third kappa shape index (κ3) is 4.62. The maximum absolute atomic E-state index is 12.4. The van der Waals surface area contributed by atoms with Gasteiger partial charge in [0.15, 0.2) is 12.3 Å². The molecule has 162 valence electrons. The molecule has 1 heterocycles. The van der Waals surface area contributed by atoms with Crippen molar-refractivity contribution in [2.75, 3.05) is 26.0 Å². The van der Waals surface area contributed by atoms with E-state index in [4.69, 9.17) is 4.74 Å². The maximum atomic E-state index is 12.4. The summed E-state index contributed by atoms with van der Waals surface area (Å²) in [5.41, 5.74) is 0.180. The van der Waals surface area contributed by atoms with E-state index in [1.54, 1.807) is 37.3 Å². The minimum Gasteiger partial charge on any atom is -0.451 e. The molecule has 2 N–H and O–H groups in total. The first kappa shape index (κ1) is 22.1. The summed E-state index contributed by atoms with van der Waals surface area (Å²) in [6.07, 6.45) is 0. The van der Waals surface area contributed by atoms with Crippen molar-refractivity contribution in [3.05, 3.63) is 64.1 Å². The van der Waals surface area contributed by atoms with Crippen molar-refractivity contribution in [2.45, 2.75) is 11.8 Å². The number of rotatable bonds is 6. The van der Waals surface area contributed by atoms with Crippen LogP contribution in [0, 0.1) is 6.92 Å². The maximum Gasteiger partial charge on any atom is 0.359 e. The molecular weight excluding hydrogens is 424 g/mol. The van der Waals surface area contributed by atoms with Crippen molar-refractivity contribution in [2.24, 2.45) is 0 Å². The van der Waals surface area contributed by atoms with Gasteiger partial charge in [0, 0.05) is 25.2 Å². The number of hydrogen-bond donors (Lipinski definition) is 2. The van der Waals surface area contributed by atoms with E-state index < -0.39 is 34.1 Å². The molecule has 0 spiro atoms. The van der Waals surface area contributed by atoms with Gasteiger partial charge in [0.1, 0.15) is 0 Å². The van der Waals surface area contributed by atoms with Crippen LogP contribution in [0.3, 0.4) is 0 Å². The highest BCUT2D eigenvalue weighted by molar-refractivity contribution is 7.89. The van der Waals surface area contributed by atoms with Crippen molar-refractivity contribution in [3.63, 3.8) is 0 Å². The molecule has 1 amide bonds. The first-order valence-corrected chi connectivity index (χ1v) is 10.5. The van der Waals surface area contributed by atoms with Crippen molar-refractivity contribution in [1.82, 2.24) is 14.5 Å². The average Bonchev–Trinajstić information content (AvgIpc) is 2.73. The Bertz CT molecular complexity index is 1330. The lowest BCUT2D eigenvalue weighted by Gasteiger charge is -2.15. The van der Waals surface area contributed by atoms with Crippen LogP contribution >= 0.6 is 0 Å². The van der Waals surface area contributed by atoms with Crippen molar-refractivity contribution in [3.8, 4) is 0 Å². The van der Waals surface area contributed by atoms with Crippen LogP contribution in [0.1, 0.15) is 16.1 Å². The van der Waals surface area contributed by atoms with Gasteiger partial charge in [0.2, 0.25) is 10.0 Å². The Kier molecular flexibility index (Phi) is 6.18. The molecule has 2 aromatic carbocycles. The number of nitrogens with one attached hydrogen (secondary N) is 2. The molecular formula is C20H20N4O6S. The van der Waals surface area contributed by atoms with E-state index in [1.807, 2.05) is 0 Å². The van der Waals surface area contributed by atoms with E-state index in [2.05, 4.69) is 15.5 Å². The number of amides is 1. The highest BCUT2D eigenvalue weighted by Gasteiger charge is 2.21. The molecule has 3 aromatic rings. The third-order valence-corrected chi connectivity index (χ3v) is 6.41. The van der Waals surface area contributed by atoms with Crippen LogP contribution in [0.4, 0.5) is 5.69 Å². The molecule has 0 unspecified atom stereocenters. The number of esters is 1. The van der Waals surface area contributed by atoms with Crippen molar-refractivity contribution in [1.29, 1.82) is 0 Å². The normalized spacial score (nSPS) is 11.5. The predicted molar refractivity (Wildman–Crippen MR) is 113 cm³/mol. The molecule has 1 aromatic heterocycles. The van der Waals surface area contributed by atoms with Gasteiger partial charge < -0.3 is 10.1 Å². The molecule has 0 fully saturated rings. The molecule has 31 heavy (non-hydrogen) atoms. The summed E-state index contributed by atoms with van der Waals surface area (Å²) in [6.45, 7) is 1.02.